The highest BCUT2D eigenvalue weighted by Crippen LogP contribution is 2.31. The van der Waals surface area contributed by atoms with Gasteiger partial charge in [0.05, 0.1) is 28.4 Å². The van der Waals surface area contributed by atoms with Crippen molar-refractivity contribution in [2.75, 3.05) is 25.0 Å². The maximum Gasteiger partial charge on any atom is 0.225 e. The molecule has 1 saturated heterocycles. The van der Waals surface area contributed by atoms with E-state index in [4.69, 9.17) is 27.9 Å². The lowest BCUT2D eigenvalue weighted by atomic mass is 10.1. The SMILES string of the molecule is O=C(CCN1CCO[C@@H]2CCC[C@@H]21)Nc1c(Cl)cccc1Cl. The summed E-state index contributed by atoms with van der Waals surface area (Å²) in [5.74, 6) is -0.0592. The molecule has 1 aromatic carbocycles. The predicted molar refractivity (Wildman–Crippen MR) is 88.7 cm³/mol. The monoisotopic (exact) mass is 342 g/mol. The van der Waals surface area contributed by atoms with E-state index in [2.05, 4.69) is 10.2 Å². The lowest BCUT2D eigenvalue weighted by Crippen LogP contribution is -2.49. The number of hydrogen-bond acceptors (Lipinski definition) is 3. The number of benzene rings is 1. The number of carbonyl (C=O) groups excluding carboxylic acids is 1. The van der Waals surface area contributed by atoms with Crippen molar-refractivity contribution < 1.29 is 9.53 Å². The number of anilines is 1. The Morgan fingerprint density at radius 2 is 2.09 bits per heavy atom. The fraction of sp³-hybridized carbons (Fsp3) is 0.562. The minimum absolute atomic E-state index is 0.0592. The summed E-state index contributed by atoms with van der Waals surface area (Å²) < 4.78 is 5.79. The number of ether oxygens (including phenoxy) is 1. The maximum absolute atomic E-state index is 12.2. The normalized spacial score (nSPS) is 25.0. The molecule has 22 heavy (non-hydrogen) atoms. The van der Waals surface area contributed by atoms with Gasteiger partial charge in [0.2, 0.25) is 5.91 Å². The second-order valence-corrected chi connectivity index (χ2v) is 6.65. The molecule has 6 heteroatoms. The molecule has 3 rings (SSSR count). The molecule has 1 aliphatic carbocycles. The van der Waals surface area contributed by atoms with Crippen molar-refractivity contribution in [1.29, 1.82) is 0 Å². The van der Waals surface area contributed by atoms with Gasteiger partial charge >= 0.3 is 0 Å². The molecule has 0 aromatic heterocycles. The van der Waals surface area contributed by atoms with Crippen molar-refractivity contribution in [3.8, 4) is 0 Å². The van der Waals surface area contributed by atoms with Crippen LogP contribution in [-0.4, -0.2) is 42.6 Å². The van der Waals surface area contributed by atoms with Crippen LogP contribution in [0.25, 0.3) is 0 Å². The Hall–Kier alpha value is -0.810. The van der Waals surface area contributed by atoms with Crippen LogP contribution in [0.1, 0.15) is 25.7 Å². The number of nitrogens with zero attached hydrogens (tertiary/aromatic N) is 1. The van der Waals surface area contributed by atoms with E-state index >= 15 is 0 Å². The summed E-state index contributed by atoms with van der Waals surface area (Å²) in [6, 6.07) is 5.67. The fourth-order valence-corrected chi connectivity index (χ4v) is 3.84. The van der Waals surface area contributed by atoms with Crippen LogP contribution in [0, 0.1) is 0 Å². The summed E-state index contributed by atoms with van der Waals surface area (Å²) in [5.41, 5.74) is 0.497. The molecule has 1 aliphatic heterocycles. The van der Waals surface area contributed by atoms with E-state index in [1.54, 1.807) is 18.2 Å². The summed E-state index contributed by atoms with van der Waals surface area (Å²) in [4.78, 5) is 14.5. The van der Waals surface area contributed by atoms with Crippen molar-refractivity contribution in [2.45, 2.75) is 37.8 Å². The molecule has 1 saturated carbocycles. The summed E-state index contributed by atoms with van der Waals surface area (Å²) in [6.07, 6.45) is 4.32. The molecule has 1 heterocycles. The standard InChI is InChI=1S/C16H20Cl2N2O2/c17-11-3-1-4-12(18)16(11)19-15(21)7-8-20-9-10-22-14-6-2-5-13(14)20/h1,3-4,13-14H,2,5-10H2,(H,19,21)/t13-,14+/m0/s1. The van der Waals surface area contributed by atoms with Gasteiger partial charge in [-0.3, -0.25) is 9.69 Å². The third-order valence-electron chi connectivity index (χ3n) is 4.45. The molecule has 2 atom stereocenters. The second-order valence-electron chi connectivity index (χ2n) is 5.84. The molecule has 1 N–H and O–H groups in total. The zero-order valence-corrected chi connectivity index (χ0v) is 13.9. The average molecular weight is 343 g/mol. The van der Waals surface area contributed by atoms with Gasteiger partial charge in [-0.05, 0) is 31.4 Å². The van der Waals surface area contributed by atoms with Gasteiger partial charge in [0.15, 0.2) is 0 Å². The van der Waals surface area contributed by atoms with Gasteiger partial charge in [0.25, 0.3) is 0 Å². The number of para-hydroxylation sites is 1. The van der Waals surface area contributed by atoms with Crippen LogP contribution in [0.4, 0.5) is 5.69 Å². The number of rotatable bonds is 4. The van der Waals surface area contributed by atoms with E-state index < -0.39 is 0 Å². The lowest BCUT2D eigenvalue weighted by molar-refractivity contribution is -0.117. The van der Waals surface area contributed by atoms with Crippen LogP contribution in [-0.2, 0) is 9.53 Å². The van der Waals surface area contributed by atoms with Crippen molar-refractivity contribution in [3.05, 3.63) is 28.2 Å². The van der Waals surface area contributed by atoms with Gasteiger partial charge in [-0.25, -0.2) is 0 Å². The highest BCUT2D eigenvalue weighted by atomic mass is 35.5. The first-order valence-electron chi connectivity index (χ1n) is 7.74. The molecule has 120 valence electrons. The van der Waals surface area contributed by atoms with E-state index in [-0.39, 0.29) is 5.91 Å². The van der Waals surface area contributed by atoms with Crippen molar-refractivity contribution in [1.82, 2.24) is 4.90 Å². The Labute approximate surface area is 140 Å². The van der Waals surface area contributed by atoms with Crippen molar-refractivity contribution in [2.24, 2.45) is 0 Å². The molecule has 1 aromatic rings. The molecular weight excluding hydrogens is 323 g/mol. The summed E-state index contributed by atoms with van der Waals surface area (Å²) in [5, 5.41) is 3.74. The van der Waals surface area contributed by atoms with E-state index in [1.165, 1.54) is 12.8 Å². The van der Waals surface area contributed by atoms with Gasteiger partial charge in [-0.1, -0.05) is 29.3 Å². The minimum atomic E-state index is -0.0592. The van der Waals surface area contributed by atoms with Crippen LogP contribution in [0.2, 0.25) is 10.0 Å². The third kappa shape index (κ3) is 3.57. The number of carbonyl (C=O) groups is 1. The Kier molecular flexibility index (Phi) is 5.24. The van der Waals surface area contributed by atoms with Crippen molar-refractivity contribution >= 4 is 34.8 Å². The number of nitrogens with one attached hydrogen (secondary N) is 1. The summed E-state index contributed by atoms with van der Waals surface area (Å²) >= 11 is 12.1. The van der Waals surface area contributed by atoms with E-state index in [0.29, 0.717) is 34.3 Å². The predicted octanol–water partition coefficient (Wildman–Crippen LogP) is 3.58. The highest BCUT2D eigenvalue weighted by molar-refractivity contribution is 6.39. The van der Waals surface area contributed by atoms with Crippen LogP contribution in [0.3, 0.4) is 0 Å². The number of morpholine rings is 1. The van der Waals surface area contributed by atoms with E-state index in [9.17, 15) is 4.79 Å². The molecule has 1 amide bonds. The highest BCUT2D eigenvalue weighted by Gasteiger charge is 2.35. The van der Waals surface area contributed by atoms with Gasteiger partial charge in [0, 0.05) is 25.6 Å². The number of fused-ring (bicyclic) bond motifs is 1. The Balaban J connectivity index is 1.54. The first kappa shape index (κ1) is 16.1. The molecule has 0 unspecified atom stereocenters. The Morgan fingerprint density at radius 3 is 2.86 bits per heavy atom. The molecular formula is C16H20Cl2N2O2. The summed E-state index contributed by atoms with van der Waals surface area (Å²) in [6.45, 7) is 2.42. The van der Waals surface area contributed by atoms with Crippen LogP contribution in [0.5, 0.6) is 0 Å². The molecule has 2 fully saturated rings. The maximum atomic E-state index is 12.2. The lowest BCUT2D eigenvalue weighted by Gasteiger charge is -2.37. The zero-order chi connectivity index (χ0) is 15.5. The smallest absolute Gasteiger partial charge is 0.225 e. The molecule has 4 nitrogen and oxygen atoms in total. The minimum Gasteiger partial charge on any atom is -0.375 e. The Morgan fingerprint density at radius 1 is 1.32 bits per heavy atom. The number of halogens is 2. The van der Waals surface area contributed by atoms with Gasteiger partial charge in [-0.2, -0.15) is 0 Å². The summed E-state index contributed by atoms with van der Waals surface area (Å²) in [7, 11) is 0. The van der Waals surface area contributed by atoms with E-state index in [1.807, 2.05) is 0 Å². The number of hydrogen-bond donors (Lipinski definition) is 1. The first-order valence-corrected chi connectivity index (χ1v) is 8.50. The molecule has 2 aliphatic rings. The van der Waals surface area contributed by atoms with E-state index in [0.717, 1.165) is 26.1 Å². The largest absolute Gasteiger partial charge is 0.375 e. The van der Waals surface area contributed by atoms with Gasteiger partial charge in [-0.15, -0.1) is 0 Å². The quantitative estimate of drug-likeness (QED) is 0.909. The van der Waals surface area contributed by atoms with Crippen LogP contribution >= 0.6 is 23.2 Å². The van der Waals surface area contributed by atoms with Crippen LogP contribution < -0.4 is 5.32 Å². The molecule has 0 spiro atoms. The topological polar surface area (TPSA) is 41.6 Å². The third-order valence-corrected chi connectivity index (χ3v) is 5.08. The molecule has 0 radical (unpaired) electrons. The Bertz CT molecular complexity index is 533. The van der Waals surface area contributed by atoms with Crippen LogP contribution in [0.15, 0.2) is 18.2 Å². The zero-order valence-electron chi connectivity index (χ0n) is 12.4. The number of amides is 1. The fourth-order valence-electron chi connectivity index (χ4n) is 3.35. The first-order chi connectivity index (χ1) is 10.6. The van der Waals surface area contributed by atoms with Crippen molar-refractivity contribution in [3.63, 3.8) is 0 Å². The average Bonchev–Trinajstić information content (AvgIpc) is 2.98. The second kappa shape index (κ2) is 7.18. The van der Waals surface area contributed by atoms with Gasteiger partial charge in [0.1, 0.15) is 0 Å². The van der Waals surface area contributed by atoms with Gasteiger partial charge < -0.3 is 10.1 Å². The molecule has 0 bridgehead atoms.